The van der Waals surface area contributed by atoms with Gasteiger partial charge >= 0.3 is 5.97 Å². The molecule has 1 amide bonds. The highest BCUT2D eigenvalue weighted by Gasteiger charge is 2.36. The van der Waals surface area contributed by atoms with Crippen molar-refractivity contribution in [2.75, 3.05) is 32.9 Å². The van der Waals surface area contributed by atoms with Gasteiger partial charge in [-0.1, -0.05) is 36.1 Å². The standard InChI is InChI=1S/C16H16N2O5S2/c19-14(20)10-23-12-3-1-2-11(8-12)9-13-15(21)18(16(24)25-13)17-4-6-22-7-5-17/h1-3,8-9H,4-7,10H2,(H,19,20)/b13-9+. The van der Waals surface area contributed by atoms with Gasteiger partial charge in [0, 0.05) is 13.1 Å². The molecular formula is C16H16N2O5S2. The van der Waals surface area contributed by atoms with Crippen LogP contribution in [0.15, 0.2) is 29.2 Å². The number of carboxylic acid groups (broad SMARTS) is 1. The molecule has 0 saturated carbocycles. The van der Waals surface area contributed by atoms with Crippen molar-refractivity contribution in [2.45, 2.75) is 0 Å². The van der Waals surface area contributed by atoms with Gasteiger partial charge in [0.2, 0.25) is 0 Å². The van der Waals surface area contributed by atoms with Gasteiger partial charge in [0.15, 0.2) is 10.9 Å². The number of hydrazine groups is 1. The van der Waals surface area contributed by atoms with E-state index in [4.69, 9.17) is 26.8 Å². The molecule has 2 saturated heterocycles. The van der Waals surface area contributed by atoms with Crippen molar-refractivity contribution < 1.29 is 24.2 Å². The lowest BCUT2D eigenvalue weighted by molar-refractivity contribution is -0.139. The first-order chi connectivity index (χ1) is 12.0. The Labute approximate surface area is 154 Å². The molecule has 0 aromatic heterocycles. The molecule has 2 fully saturated rings. The zero-order valence-corrected chi connectivity index (χ0v) is 14.8. The largest absolute Gasteiger partial charge is 0.482 e. The molecule has 1 N–H and O–H groups in total. The normalized spacial score (nSPS) is 20.3. The predicted molar refractivity (Wildman–Crippen MR) is 97.0 cm³/mol. The Morgan fingerprint density at radius 2 is 2.16 bits per heavy atom. The minimum atomic E-state index is -1.04. The van der Waals surface area contributed by atoms with Crippen LogP contribution in [0, 0.1) is 0 Å². The van der Waals surface area contributed by atoms with E-state index in [9.17, 15) is 9.59 Å². The summed E-state index contributed by atoms with van der Waals surface area (Å²) in [6.07, 6.45) is 1.73. The van der Waals surface area contributed by atoms with Crippen molar-refractivity contribution in [1.82, 2.24) is 10.0 Å². The highest BCUT2D eigenvalue weighted by molar-refractivity contribution is 8.26. The van der Waals surface area contributed by atoms with Gasteiger partial charge in [0.05, 0.1) is 18.1 Å². The molecule has 3 rings (SSSR count). The van der Waals surface area contributed by atoms with E-state index in [1.807, 2.05) is 11.1 Å². The van der Waals surface area contributed by atoms with Gasteiger partial charge in [-0.2, -0.15) is 0 Å². The minimum absolute atomic E-state index is 0.159. The van der Waals surface area contributed by atoms with E-state index in [1.165, 1.54) is 16.8 Å². The Morgan fingerprint density at radius 3 is 2.88 bits per heavy atom. The number of aliphatic carboxylic acids is 1. The van der Waals surface area contributed by atoms with Crippen molar-refractivity contribution >= 4 is 46.3 Å². The van der Waals surface area contributed by atoms with Gasteiger partial charge in [-0.25, -0.2) is 14.8 Å². The van der Waals surface area contributed by atoms with Crippen LogP contribution in [0.25, 0.3) is 6.08 Å². The molecule has 7 nitrogen and oxygen atoms in total. The number of amides is 1. The van der Waals surface area contributed by atoms with E-state index in [-0.39, 0.29) is 5.91 Å². The number of rotatable bonds is 5. The van der Waals surface area contributed by atoms with Crippen molar-refractivity contribution in [2.24, 2.45) is 0 Å². The number of thioether (sulfide) groups is 1. The lowest BCUT2D eigenvalue weighted by Crippen LogP contribution is -2.50. The number of carbonyl (C=O) groups is 2. The number of carbonyl (C=O) groups excluding carboxylic acids is 1. The van der Waals surface area contributed by atoms with Crippen LogP contribution in [0.2, 0.25) is 0 Å². The molecule has 132 valence electrons. The Kier molecular flexibility index (Phi) is 5.69. The Morgan fingerprint density at radius 1 is 1.40 bits per heavy atom. The van der Waals surface area contributed by atoms with E-state index in [1.54, 1.807) is 24.3 Å². The second-order valence-electron chi connectivity index (χ2n) is 5.31. The molecule has 0 unspecified atom stereocenters. The Hall–Kier alpha value is -1.94. The predicted octanol–water partition coefficient (Wildman–Crippen LogP) is 1.60. The first kappa shape index (κ1) is 17.9. The Bertz CT molecular complexity index is 731. The number of ether oxygens (including phenoxy) is 2. The second kappa shape index (κ2) is 7.96. The number of hydrogen-bond acceptors (Lipinski definition) is 7. The average molecular weight is 380 g/mol. The van der Waals surface area contributed by atoms with Gasteiger partial charge in [0.25, 0.3) is 5.91 Å². The van der Waals surface area contributed by atoms with E-state index in [0.29, 0.717) is 41.3 Å². The van der Waals surface area contributed by atoms with Gasteiger partial charge in [-0.3, -0.25) is 4.79 Å². The lowest BCUT2D eigenvalue weighted by atomic mass is 10.2. The summed E-state index contributed by atoms with van der Waals surface area (Å²) in [5.41, 5.74) is 0.741. The van der Waals surface area contributed by atoms with Crippen LogP contribution in [0.5, 0.6) is 5.75 Å². The lowest BCUT2D eigenvalue weighted by Gasteiger charge is -2.33. The summed E-state index contributed by atoms with van der Waals surface area (Å²) in [6, 6.07) is 6.91. The smallest absolute Gasteiger partial charge is 0.341 e. The van der Waals surface area contributed by atoms with Crippen LogP contribution in [0.4, 0.5) is 0 Å². The first-order valence-electron chi connectivity index (χ1n) is 7.60. The van der Waals surface area contributed by atoms with Crippen molar-refractivity contribution in [1.29, 1.82) is 0 Å². The fourth-order valence-electron chi connectivity index (χ4n) is 2.45. The summed E-state index contributed by atoms with van der Waals surface area (Å²) in [5, 5.41) is 12.1. The van der Waals surface area contributed by atoms with Crippen molar-refractivity contribution in [3.63, 3.8) is 0 Å². The quantitative estimate of drug-likeness (QED) is 0.610. The van der Waals surface area contributed by atoms with Crippen LogP contribution in [0.1, 0.15) is 5.56 Å². The highest BCUT2D eigenvalue weighted by atomic mass is 32.2. The summed E-state index contributed by atoms with van der Waals surface area (Å²) in [4.78, 5) is 23.8. The van der Waals surface area contributed by atoms with E-state index in [2.05, 4.69) is 0 Å². The summed E-state index contributed by atoms with van der Waals surface area (Å²) in [6.45, 7) is 1.97. The van der Waals surface area contributed by atoms with E-state index < -0.39 is 12.6 Å². The van der Waals surface area contributed by atoms with Crippen LogP contribution >= 0.6 is 24.0 Å². The average Bonchev–Trinajstić information content (AvgIpc) is 2.88. The van der Waals surface area contributed by atoms with Crippen molar-refractivity contribution in [3.8, 4) is 5.75 Å². The number of carboxylic acids is 1. The first-order valence-corrected chi connectivity index (χ1v) is 8.82. The fourth-order valence-corrected chi connectivity index (χ4v) is 3.76. The molecule has 25 heavy (non-hydrogen) atoms. The van der Waals surface area contributed by atoms with Gasteiger partial charge < -0.3 is 14.6 Å². The van der Waals surface area contributed by atoms with Gasteiger partial charge in [0.1, 0.15) is 5.75 Å². The third-order valence-corrected chi connectivity index (χ3v) is 4.84. The number of nitrogens with zero attached hydrogens (tertiary/aromatic N) is 2. The number of hydrogen-bond donors (Lipinski definition) is 1. The molecule has 0 spiro atoms. The maximum atomic E-state index is 12.7. The maximum Gasteiger partial charge on any atom is 0.341 e. The van der Waals surface area contributed by atoms with E-state index >= 15 is 0 Å². The molecule has 1 aromatic carbocycles. The SMILES string of the molecule is O=C(O)COc1cccc(/C=C2/SC(=S)N(N3CCOCC3)C2=O)c1. The molecular weight excluding hydrogens is 364 g/mol. The highest BCUT2D eigenvalue weighted by Crippen LogP contribution is 2.34. The fraction of sp³-hybridized carbons (Fsp3) is 0.312. The topological polar surface area (TPSA) is 79.3 Å². The van der Waals surface area contributed by atoms with Crippen LogP contribution in [-0.2, 0) is 14.3 Å². The summed E-state index contributed by atoms with van der Waals surface area (Å²) >= 11 is 6.59. The number of benzene rings is 1. The molecule has 2 aliphatic heterocycles. The second-order valence-corrected chi connectivity index (χ2v) is 6.99. The van der Waals surface area contributed by atoms with Crippen LogP contribution in [-0.4, -0.2) is 64.2 Å². The summed E-state index contributed by atoms with van der Waals surface area (Å²) in [5.74, 6) is -0.773. The molecule has 0 radical (unpaired) electrons. The number of morpholine rings is 1. The van der Waals surface area contributed by atoms with Crippen LogP contribution in [0.3, 0.4) is 0 Å². The zero-order chi connectivity index (χ0) is 17.8. The minimum Gasteiger partial charge on any atom is -0.482 e. The number of thiocarbonyl (C=S) groups is 1. The zero-order valence-electron chi connectivity index (χ0n) is 13.2. The van der Waals surface area contributed by atoms with Crippen LogP contribution < -0.4 is 4.74 Å². The molecule has 0 atom stereocenters. The van der Waals surface area contributed by atoms with Gasteiger partial charge in [-0.05, 0) is 23.8 Å². The molecule has 2 heterocycles. The molecule has 1 aromatic rings. The third-order valence-electron chi connectivity index (χ3n) is 3.56. The molecule has 0 aliphatic carbocycles. The van der Waals surface area contributed by atoms with Crippen molar-refractivity contribution in [3.05, 3.63) is 34.7 Å². The Balaban J connectivity index is 1.75. The molecule has 2 aliphatic rings. The molecule has 9 heteroatoms. The maximum absolute atomic E-state index is 12.7. The third kappa shape index (κ3) is 4.37. The molecule has 0 bridgehead atoms. The van der Waals surface area contributed by atoms with E-state index in [0.717, 1.165) is 5.56 Å². The van der Waals surface area contributed by atoms with Gasteiger partial charge in [-0.15, -0.1) is 0 Å². The summed E-state index contributed by atoms with van der Waals surface area (Å²) < 4.78 is 11.0. The summed E-state index contributed by atoms with van der Waals surface area (Å²) in [7, 11) is 0. The monoisotopic (exact) mass is 380 g/mol.